The van der Waals surface area contributed by atoms with Crippen molar-refractivity contribution in [3.05, 3.63) is 45.4 Å². The van der Waals surface area contributed by atoms with Crippen LogP contribution in [0.2, 0.25) is 5.02 Å². The average molecular weight is 324 g/mol. The lowest BCUT2D eigenvalue weighted by Gasteiger charge is -2.06. The summed E-state index contributed by atoms with van der Waals surface area (Å²) in [6, 6.07) is 7.74. The van der Waals surface area contributed by atoms with E-state index in [1.807, 2.05) is 31.2 Å². The highest BCUT2D eigenvalue weighted by Crippen LogP contribution is 2.27. The molecule has 0 fully saturated rings. The Kier molecular flexibility index (Phi) is 5.33. The second-order valence-corrected chi connectivity index (χ2v) is 6.41. The van der Waals surface area contributed by atoms with Crippen molar-refractivity contribution in [3.63, 3.8) is 0 Å². The first kappa shape index (κ1) is 15.9. The molecule has 1 aromatic carbocycles. The summed E-state index contributed by atoms with van der Waals surface area (Å²) < 4.78 is 0. The van der Waals surface area contributed by atoms with Crippen LogP contribution in [0.3, 0.4) is 0 Å². The number of nitrogens with zero attached hydrogens (tertiary/aromatic N) is 1. The summed E-state index contributed by atoms with van der Waals surface area (Å²) in [5.74, 6) is -0.322. The number of halogens is 1. The molecule has 4 nitrogen and oxygen atoms in total. The van der Waals surface area contributed by atoms with Crippen LogP contribution < -0.4 is 11.1 Å². The van der Waals surface area contributed by atoms with Crippen LogP contribution in [0.4, 0.5) is 5.13 Å². The molecule has 2 aromatic rings. The topological polar surface area (TPSA) is 68.0 Å². The maximum absolute atomic E-state index is 11.8. The van der Waals surface area contributed by atoms with Crippen LogP contribution in [0.5, 0.6) is 0 Å². The maximum Gasteiger partial charge on any atom is 0.230 e. The van der Waals surface area contributed by atoms with Gasteiger partial charge in [-0.05, 0) is 18.6 Å². The summed E-state index contributed by atoms with van der Waals surface area (Å²) >= 11 is 7.66. The number of anilines is 1. The number of rotatable bonds is 5. The molecular weight excluding hydrogens is 306 g/mol. The van der Waals surface area contributed by atoms with Crippen molar-refractivity contribution in [1.29, 1.82) is 0 Å². The van der Waals surface area contributed by atoms with Gasteiger partial charge in [-0.3, -0.25) is 4.79 Å². The molecule has 3 N–H and O–H groups in total. The largest absolute Gasteiger partial charge is 0.330 e. The number of carbonyl (C=O) groups excluding carboxylic acids is 1. The van der Waals surface area contributed by atoms with Gasteiger partial charge in [-0.1, -0.05) is 36.7 Å². The molecule has 0 aliphatic heterocycles. The lowest BCUT2D eigenvalue weighted by molar-refractivity contribution is -0.119. The predicted molar refractivity (Wildman–Crippen MR) is 88.0 cm³/mol. The fourth-order valence-corrected chi connectivity index (χ4v) is 2.99. The molecule has 1 amide bonds. The van der Waals surface area contributed by atoms with Gasteiger partial charge in [0.1, 0.15) is 0 Å². The van der Waals surface area contributed by atoms with Crippen LogP contribution in [0, 0.1) is 12.8 Å². The van der Waals surface area contributed by atoms with Gasteiger partial charge in [-0.15, -0.1) is 11.3 Å². The van der Waals surface area contributed by atoms with Crippen LogP contribution in [0.25, 0.3) is 0 Å². The van der Waals surface area contributed by atoms with Gasteiger partial charge in [-0.2, -0.15) is 0 Å². The van der Waals surface area contributed by atoms with E-state index in [9.17, 15) is 4.79 Å². The number of nitrogens with two attached hydrogens (primary N) is 1. The number of hydrogen-bond acceptors (Lipinski definition) is 4. The zero-order valence-corrected chi connectivity index (χ0v) is 13.6. The Morgan fingerprint density at radius 3 is 2.86 bits per heavy atom. The Hall–Kier alpha value is -1.43. The van der Waals surface area contributed by atoms with Crippen molar-refractivity contribution in [1.82, 2.24) is 4.98 Å². The minimum absolute atomic E-state index is 0.101. The fourth-order valence-electron chi connectivity index (χ4n) is 1.80. The minimum Gasteiger partial charge on any atom is -0.330 e. The van der Waals surface area contributed by atoms with Gasteiger partial charge in [0.15, 0.2) is 5.13 Å². The van der Waals surface area contributed by atoms with Crippen LogP contribution in [0.15, 0.2) is 24.3 Å². The monoisotopic (exact) mass is 323 g/mol. The van der Waals surface area contributed by atoms with Gasteiger partial charge in [-0.25, -0.2) is 4.98 Å². The number of carbonyl (C=O) groups is 1. The molecule has 112 valence electrons. The van der Waals surface area contributed by atoms with E-state index in [1.54, 1.807) is 6.92 Å². The normalized spacial score (nSPS) is 12.2. The van der Waals surface area contributed by atoms with Gasteiger partial charge >= 0.3 is 0 Å². The highest BCUT2D eigenvalue weighted by molar-refractivity contribution is 7.15. The Morgan fingerprint density at radius 2 is 2.19 bits per heavy atom. The molecule has 0 aliphatic carbocycles. The number of hydrogen-bond donors (Lipinski definition) is 2. The molecule has 0 aliphatic rings. The van der Waals surface area contributed by atoms with Crippen molar-refractivity contribution >= 4 is 34.0 Å². The average Bonchev–Trinajstić information content (AvgIpc) is 2.80. The molecule has 2 rings (SSSR count). The first-order chi connectivity index (χ1) is 10.0. The van der Waals surface area contributed by atoms with Gasteiger partial charge in [0.2, 0.25) is 5.91 Å². The van der Waals surface area contributed by atoms with Gasteiger partial charge < -0.3 is 11.1 Å². The first-order valence-corrected chi connectivity index (χ1v) is 7.91. The summed E-state index contributed by atoms with van der Waals surface area (Å²) in [5, 5.41) is 4.16. The Bertz CT molecular complexity index is 642. The molecule has 1 aromatic heterocycles. The lowest BCUT2D eigenvalue weighted by atomic mass is 10.1. The van der Waals surface area contributed by atoms with Crippen LogP contribution in [0.1, 0.15) is 23.1 Å². The Labute approximate surface area is 133 Å². The zero-order valence-electron chi connectivity index (χ0n) is 12.0. The highest BCUT2D eigenvalue weighted by Gasteiger charge is 2.15. The van der Waals surface area contributed by atoms with Gasteiger partial charge in [0, 0.05) is 28.8 Å². The van der Waals surface area contributed by atoms with Crippen LogP contribution >= 0.6 is 22.9 Å². The lowest BCUT2D eigenvalue weighted by Crippen LogP contribution is -2.26. The second kappa shape index (κ2) is 7.02. The summed E-state index contributed by atoms with van der Waals surface area (Å²) in [4.78, 5) is 17.3. The molecular formula is C15H18ClN3OS. The molecule has 1 unspecified atom stereocenters. The van der Waals surface area contributed by atoms with E-state index in [2.05, 4.69) is 10.3 Å². The fraction of sp³-hybridized carbons (Fsp3) is 0.333. The minimum atomic E-state index is -0.221. The number of aryl methyl sites for hydroxylation is 1. The van der Waals surface area contributed by atoms with Crippen LogP contribution in [-0.4, -0.2) is 17.4 Å². The summed E-state index contributed by atoms with van der Waals surface area (Å²) in [6.07, 6.45) is 0.714. The van der Waals surface area contributed by atoms with E-state index in [0.717, 1.165) is 21.2 Å². The summed E-state index contributed by atoms with van der Waals surface area (Å²) in [6.45, 7) is 4.05. The standard InChI is InChI=1S/C15H18ClN3OS/c1-9(8-17)14(20)19-15-18-10(2)13(21-15)7-11-5-3-4-6-12(11)16/h3-6,9H,7-8,17H2,1-2H3,(H,18,19,20). The van der Waals surface area contributed by atoms with Crippen molar-refractivity contribution in [2.24, 2.45) is 11.7 Å². The molecule has 0 spiro atoms. The molecule has 1 atom stereocenters. The van der Waals surface area contributed by atoms with E-state index in [-0.39, 0.29) is 11.8 Å². The molecule has 0 saturated carbocycles. The number of nitrogens with one attached hydrogen (secondary N) is 1. The third-order valence-electron chi connectivity index (χ3n) is 3.23. The molecule has 1 heterocycles. The number of benzene rings is 1. The molecule has 0 radical (unpaired) electrons. The number of aromatic nitrogens is 1. The third-order valence-corrected chi connectivity index (χ3v) is 4.67. The van der Waals surface area contributed by atoms with Gasteiger partial charge in [0.05, 0.1) is 5.69 Å². The van der Waals surface area contributed by atoms with Crippen molar-refractivity contribution < 1.29 is 4.79 Å². The number of thiazole rings is 1. The molecule has 0 saturated heterocycles. The van der Waals surface area contributed by atoms with Crippen molar-refractivity contribution in [3.8, 4) is 0 Å². The quantitative estimate of drug-likeness (QED) is 0.887. The van der Waals surface area contributed by atoms with E-state index >= 15 is 0 Å². The summed E-state index contributed by atoms with van der Waals surface area (Å²) in [7, 11) is 0. The smallest absolute Gasteiger partial charge is 0.230 e. The highest BCUT2D eigenvalue weighted by atomic mass is 35.5. The molecule has 6 heteroatoms. The van der Waals surface area contributed by atoms with Crippen molar-refractivity contribution in [2.75, 3.05) is 11.9 Å². The van der Waals surface area contributed by atoms with Gasteiger partial charge in [0.25, 0.3) is 0 Å². The predicted octanol–water partition coefficient (Wildman–Crippen LogP) is 3.23. The summed E-state index contributed by atoms with van der Waals surface area (Å²) in [5.41, 5.74) is 7.46. The molecule has 21 heavy (non-hydrogen) atoms. The molecule has 0 bridgehead atoms. The van der Waals surface area contributed by atoms with E-state index in [4.69, 9.17) is 17.3 Å². The first-order valence-electron chi connectivity index (χ1n) is 6.72. The second-order valence-electron chi connectivity index (χ2n) is 4.92. The third kappa shape index (κ3) is 4.03. The maximum atomic E-state index is 11.8. The zero-order chi connectivity index (χ0) is 15.4. The number of amides is 1. The van der Waals surface area contributed by atoms with E-state index < -0.39 is 0 Å². The Morgan fingerprint density at radius 1 is 1.48 bits per heavy atom. The van der Waals surface area contributed by atoms with Crippen molar-refractivity contribution in [2.45, 2.75) is 20.3 Å². The Balaban J connectivity index is 2.13. The van der Waals surface area contributed by atoms with E-state index in [1.165, 1.54) is 11.3 Å². The van der Waals surface area contributed by atoms with Crippen LogP contribution in [-0.2, 0) is 11.2 Å². The SMILES string of the molecule is Cc1nc(NC(=O)C(C)CN)sc1Cc1ccccc1Cl. The van der Waals surface area contributed by atoms with E-state index in [0.29, 0.717) is 18.1 Å².